The highest BCUT2D eigenvalue weighted by atomic mass is 32.1. The van der Waals surface area contributed by atoms with Crippen molar-refractivity contribution in [3.05, 3.63) is 59.1 Å². The molecule has 0 radical (unpaired) electrons. The van der Waals surface area contributed by atoms with Gasteiger partial charge in [0.1, 0.15) is 16.1 Å². The molecule has 5 rings (SSSR count). The van der Waals surface area contributed by atoms with Crippen LogP contribution < -0.4 is 10.9 Å². The van der Waals surface area contributed by atoms with E-state index in [2.05, 4.69) is 10.3 Å². The second-order valence-corrected chi connectivity index (χ2v) is 8.77. The standard InChI is InChI=1S/C23H22N4O2S/c28-19(25-16-9-5-2-6-10-16)13-27-14-24-20-17-11-12-18(15-7-3-1-4-8-15)26-22(17)30-21(20)23(27)29/h1,3-4,7-8,11-12,14,16H,2,5-6,9-10,13H2,(H,25,28). The number of thiophene rings is 1. The van der Waals surface area contributed by atoms with Gasteiger partial charge in [-0.3, -0.25) is 14.2 Å². The fourth-order valence-electron chi connectivity index (χ4n) is 4.11. The molecular formula is C23H22N4O2S. The number of rotatable bonds is 4. The molecule has 6 nitrogen and oxygen atoms in total. The molecule has 1 aliphatic rings. The number of hydrogen-bond acceptors (Lipinski definition) is 5. The zero-order valence-corrected chi connectivity index (χ0v) is 17.3. The third-order valence-electron chi connectivity index (χ3n) is 5.66. The Kier molecular flexibility index (Phi) is 5.04. The van der Waals surface area contributed by atoms with Crippen LogP contribution in [0.2, 0.25) is 0 Å². The van der Waals surface area contributed by atoms with Gasteiger partial charge in [0.05, 0.1) is 17.5 Å². The minimum atomic E-state index is -0.192. The first kappa shape index (κ1) is 18.9. The van der Waals surface area contributed by atoms with Crippen LogP contribution in [0.5, 0.6) is 0 Å². The fourth-order valence-corrected chi connectivity index (χ4v) is 5.18. The van der Waals surface area contributed by atoms with Crippen molar-refractivity contribution >= 4 is 37.7 Å². The molecule has 1 aromatic carbocycles. The van der Waals surface area contributed by atoms with Gasteiger partial charge in [-0.05, 0) is 25.0 Å². The quantitative estimate of drug-likeness (QED) is 0.541. The van der Waals surface area contributed by atoms with Crippen molar-refractivity contribution in [1.29, 1.82) is 0 Å². The molecule has 3 heterocycles. The maximum absolute atomic E-state index is 13.0. The molecule has 1 aliphatic carbocycles. The van der Waals surface area contributed by atoms with Crippen LogP contribution in [-0.2, 0) is 11.3 Å². The maximum atomic E-state index is 13.0. The summed E-state index contributed by atoms with van der Waals surface area (Å²) < 4.78 is 1.93. The normalized spacial score (nSPS) is 14.9. The SMILES string of the molecule is O=C(Cn1cnc2c(sc3nc(-c4ccccc4)ccc32)c1=O)NC1CCCCC1. The lowest BCUT2D eigenvalue weighted by atomic mass is 9.95. The van der Waals surface area contributed by atoms with Gasteiger partial charge in [-0.2, -0.15) is 0 Å². The lowest BCUT2D eigenvalue weighted by molar-refractivity contribution is -0.122. The van der Waals surface area contributed by atoms with Crippen LogP contribution in [0.1, 0.15) is 32.1 Å². The summed E-state index contributed by atoms with van der Waals surface area (Å²) >= 11 is 1.34. The Morgan fingerprint density at radius 1 is 1.10 bits per heavy atom. The zero-order chi connectivity index (χ0) is 20.5. The average Bonchev–Trinajstić information content (AvgIpc) is 3.16. The second kappa shape index (κ2) is 7.99. The van der Waals surface area contributed by atoms with E-state index >= 15 is 0 Å². The minimum Gasteiger partial charge on any atom is -0.352 e. The molecular weight excluding hydrogens is 396 g/mol. The Hall–Kier alpha value is -3.06. The van der Waals surface area contributed by atoms with Gasteiger partial charge in [0.2, 0.25) is 5.91 Å². The summed E-state index contributed by atoms with van der Waals surface area (Å²) in [7, 11) is 0. The number of nitrogens with one attached hydrogen (secondary N) is 1. The van der Waals surface area contributed by atoms with Crippen LogP contribution in [0.3, 0.4) is 0 Å². The third-order valence-corrected chi connectivity index (χ3v) is 6.74. The van der Waals surface area contributed by atoms with E-state index in [-0.39, 0.29) is 24.1 Å². The molecule has 30 heavy (non-hydrogen) atoms. The van der Waals surface area contributed by atoms with Gasteiger partial charge >= 0.3 is 0 Å². The van der Waals surface area contributed by atoms with Crippen LogP contribution >= 0.6 is 11.3 Å². The highest BCUT2D eigenvalue weighted by Gasteiger charge is 2.18. The van der Waals surface area contributed by atoms with Crippen LogP contribution in [0.15, 0.2) is 53.6 Å². The van der Waals surface area contributed by atoms with Gasteiger partial charge in [0, 0.05) is 17.0 Å². The number of carbonyl (C=O) groups is 1. The lowest BCUT2D eigenvalue weighted by Gasteiger charge is -2.22. The summed E-state index contributed by atoms with van der Waals surface area (Å²) in [5, 5.41) is 3.93. The molecule has 7 heteroatoms. The molecule has 3 aromatic heterocycles. The second-order valence-electron chi connectivity index (χ2n) is 7.78. The molecule has 0 spiro atoms. The molecule has 0 aliphatic heterocycles. The van der Waals surface area contributed by atoms with Crippen LogP contribution in [0, 0.1) is 0 Å². The highest BCUT2D eigenvalue weighted by Crippen LogP contribution is 2.31. The van der Waals surface area contributed by atoms with Crippen molar-refractivity contribution in [2.45, 2.75) is 44.7 Å². The molecule has 0 bridgehead atoms. The number of benzene rings is 1. The van der Waals surface area contributed by atoms with Crippen LogP contribution in [0.4, 0.5) is 0 Å². The number of amides is 1. The summed E-state index contributed by atoms with van der Waals surface area (Å²) in [4.78, 5) is 35.4. The number of aromatic nitrogens is 3. The van der Waals surface area contributed by atoms with E-state index < -0.39 is 0 Å². The number of hydrogen-bond donors (Lipinski definition) is 1. The Bertz CT molecular complexity index is 1270. The van der Waals surface area contributed by atoms with Gasteiger partial charge in [-0.25, -0.2) is 9.97 Å². The predicted octanol–water partition coefficient (Wildman–Crippen LogP) is 4.12. The molecule has 4 aromatic rings. The smallest absolute Gasteiger partial charge is 0.271 e. The number of pyridine rings is 1. The molecule has 1 N–H and O–H groups in total. The van der Waals surface area contributed by atoms with E-state index in [0.717, 1.165) is 47.2 Å². The summed E-state index contributed by atoms with van der Waals surface area (Å²) in [6.07, 6.45) is 7.05. The molecule has 1 fully saturated rings. The van der Waals surface area contributed by atoms with Crippen molar-refractivity contribution in [3.63, 3.8) is 0 Å². The van der Waals surface area contributed by atoms with Gasteiger partial charge in [-0.1, -0.05) is 49.6 Å². The van der Waals surface area contributed by atoms with Gasteiger partial charge in [0.15, 0.2) is 0 Å². The van der Waals surface area contributed by atoms with Crippen molar-refractivity contribution in [2.24, 2.45) is 0 Å². The first-order valence-electron chi connectivity index (χ1n) is 10.3. The fraction of sp³-hybridized carbons (Fsp3) is 0.304. The van der Waals surface area contributed by atoms with Gasteiger partial charge in [-0.15, -0.1) is 11.3 Å². The van der Waals surface area contributed by atoms with E-state index in [4.69, 9.17) is 4.98 Å². The average molecular weight is 419 g/mol. The number of fused-ring (bicyclic) bond motifs is 3. The van der Waals surface area contributed by atoms with Crippen LogP contribution in [0.25, 0.3) is 31.7 Å². The minimum absolute atomic E-state index is 0.00475. The zero-order valence-electron chi connectivity index (χ0n) is 16.5. The van der Waals surface area contributed by atoms with Crippen molar-refractivity contribution in [2.75, 3.05) is 0 Å². The number of carbonyl (C=O) groups excluding carboxylic acids is 1. The Balaban J connectivity index is 1.45. The van der Waals surface area contributed by atoms with Crippen molar-refractivity contribution < 1.29 is 4.79 Å². The molecule has 1 saturated carbocycles. The Labute approximate surface area is 177 Å². The number of nitrogens with zero attached hydrogens (tertiary/aromatic N) is 3. The molecule has 0 atom stereocenters. The summed E-state index contributed by atoms with van der Waals surface area (Å²) in [6.45, 7) is -0.00475. The molecule has 152 valence electrons. The summed E-state index contributed by atoms with van der Waals surface area (Å²) in [5.74, 6) is -0.129. The van der Waals surface area contributed by atoms with Crippen LogP contribution in [-0.4, -0.2) is 26.5 Å². The predicted molar refractivity (Wildman–Crippen MR) is 120 cm³/mol. The Morgan fingerprint density at radius 3 is 2.70 bits per heavy atom. The van der Waals surface area contributed by atoms with Crippen molar-refractivity contribution in [3.8, 4) is 11.3 Å². The summed E-state index contributed by atoms with van der Waals surface area (Å²) in [6, 6.07) is 14.1. The molecule has 1 amide bonds. The van der Waals surface area contributed by atoms with E-state index in [9.17, 15) is 9.59 Å². The van der Waals surface area contributed by atoms with E-state index in [1.807, 2.05) is 42.5 Å². The first-order chi connectivity index (χ1) is 14.7. The molecule has 0 unspecified atom stereocenters. The topological polar surface area (TPSA) is 76.9 Å². The van der Waals surface area contributed by atoms with Crippen molar-refractivity contribution in [1.82, 2.24) is 19.9 Å². The van der Waals surface area contributed by atoms with E-state index in [1.165, 1.54) is 28.7 Å². The van der Waals surface area contributed by atoms with Gasteiger partial charge in [0.25, 0.3) is 5.56 Å². The summed E-state index contributed by atoms with van der Waals surface area (Å²) in [5.41, 5.74) is 2.35. The maximum Gasteiger partial charge on any atom is 0.271 e. The molecule has 0 saturated heterocycles. The Morgan fingerprint density at radius 2 is 1.90 bits per heavy atom. The monoisotopic (exact) mass is 418 g/mol. The van der Waals surface area contributed by atoms with E-state index in [1.54, 1.807) is 0 Å². The highest BCUT2D eigenvalue weighted by molar-refractivity contribution is 7.25. The van der Waals surface area contributed by atoms with E-state index in [0.29, 0.717) is 10.2 Å². The third kappa shape index (κ3) is 3.61. The largest absolute Gasteiger partial charge is 0.352 e. The first-order valence-corrected chi connectivity index (χ1v) is 11.1. The van der Waals surface area contributed by atoms with Gasteiger partial charge < -0.3 is 5.32 Å². The lowest BCUT2D eigenvalue weighted by Crippen LogP contribution is -2.39.